The molecule has 0 saturated heterocycles. The first-order chi connectivity index (χ1) is 9.88. The van der Waals surface area contributed by atoms with E-state index >= 15 is 0 Å². The van der Waals surface area contributed by atoms with Crippen LogP contribution in [0.1, 0.15) is 52.2 Å². The van der Waals surface area contributed by atoms with Crippen LogP contribution in [0, 0.1) is 0 Å². The van der Waals surface area contributed by atoms with Crippen molar-refractivity contribution in [1.82, 2.24) is 10.2 Å². The largest absolute Gasteiger partial charge is 0.343 e. The normalized spacial score (nSPS) is 11.5. The summed E-state index contributed by atoms with van der Waals surface area (Å²) in [6.07, 6.45) is 0.571. The van der Waals surface area contributed by atoms with Crippen LogP contribution in [-0.2, 0) is 16.8 Å². The summed E-state index contributed by atoms with van der Waals surface area (Å²) in [6.45, 7) is 13.8. The van der Waals surface area contributed by atoms with E-state index in [9.17, 15) is 4.79 Å². The molecular weight excluding hydrogens is 260 g/mol. The van der Waals surface area contributed by atoms with Crippen molar-refractivity contribution in [2.45, 2.75) is 53.0 Å². The van der Waals surface area contributed by atoms with Crippen LogP contribution in [0.3, 0.4) is 0 Å². The van der Waals surface area contributed by atoms with E-state index in [0.717, 1.165) is 26.2 Å². The first-order valence-electron chi connectivity index (χ1n) is 7.96. The highest BCUT2D eigenvalue weighted by Gasteiger charge is 2.12. The average Bonchev–Trinajstić information content (AvgIpc) is 2.44. The number of carbonyl (C=O) groups excluding carboxylic acids is 1. The summed E-state index contributed by atoms with van der Waals surface area (Å²) in [5, 5.41) is 3.35. The lowest BCUT2D eigenvalue weighted by atomic mass is 9.87. The Balaban J connectivity index is 2.35. The fourth-order valence-corrected chi connectivity index (χ4v) is 2.29. The third-order valence-electron chi connectivity index (χ3n) is 3.78. The second-order valence-electron chi connectivity index (χ2n) is 6.44. The van der Waals surface area contributed by atoms with Crippen molar-refractivity contribution in [2.75, 3.05) is 19.6 Å². The quantitative estimate of drug-likeness (QED) is 0.781. The van der Waals surface area contributed by atoms with Crippen LogP contribution in [0.5, 0.6) is 0 Å². The van der Waals surface area contributed by atoms with Crippen LogP contribution in [-0.4, -0.2) is 30.4 Å². The van der Waals surface area contributed by atoms with E-state index in [1.807, 2.05) is 18.7 Å². The Bertz CT molecular complexity index is 428. The van der Waals surface area contributed by atoms with Gasteiger partial charge in [0, 0.05) is 32.6 Å². The maximum atomic E-state index is 11.9. The van der Waals surface area contributed by atoms with Crippen LogP contribution in [0.15, 0.2) is 24.3 Å². The van der Waals surface area contributed by atoms with Gasteiger partial charge in [-0.2, -0.15) is 0 Å². The van der Waals surface area contributed by atoms with E-state index in [2.05, 4.69) is 50.4 Å². The van der Waals surface area contributed by atoms with Crippen LogP contribution < -0.4 is 5.32 Å². The number of rotatable bonds is 7. The molecule has 0 aliphatic rings. The van der Waals surface area contributed by atoms with Gasteiger partial charge in [0.2, 0.25) is 5.91 Å². The van der Waals surface area contributed by atoms with E-state index in [0.29, 0.717) is 6.42 Å². The number of carbonyl (C=O) groups is 1. The first-order valence-corrected chi connectivity index (χ1v) is 7.96. The van der Waals surface area contributed by atoms with E-state index in [4.69, 9.17) is 0 Å². The van der Waals surface area contributed by atoms with Crippen molar-refractivity contribution in [3.63, 3.8) is 0 Å². The molecule has 1 aromatic carbocycles. The Kier molecular flexibility index (Phi) is 6.90. The molecule has 1 N–H and O–H groups in total. The highest BCUT2D eigenvalue weighted by Crippen LogP contribution is 2.22. The second kappa shape index (κ2) is 8.18. The smallest absolute Gasteiger partial charge is 0.223 e. The number of nitrogens with one attached hydrogen (secondary N) is 1. The fourth-order valence-electron chi connectivity index (χ4n) is 2.29. The molecule has 3 nitrogen and oxygen atoms in total. The minimum atomic E-state index is 0.197. The minimum Gasteiger partial charge on any atom is -0.343 e. The van der Waals surface area contributed by atoms with Gasteiger partial charge in [-0.25, -0.2) is 0 Å². The molecule has 1 amide bonds. The van der Waals surface area contributed by atoms with Gasteiger partial charge in [0.25, 0.3) is 0 Å². The molecule has 1 rings (SSSR count). The van der Waals surface area contributed by atoms with Gasteiger partial charge < -0.3 is 10.2 Å². The van der Waals surface area contributed by atoms with Gasteiger partial charge in [-0.1, -0.05) is 45.0 Å². The number of benzene rings is 1. The molecule has 0 bridgehead atoms. The average molecular weight is 290 g/mol. The highest BCUT2D eigenvalue weighted by atomic mass is 16.2. The summed E-state index contributed by atoms with van der Waals surface area (Å²) < 4.78 is 0. The number of hydrogen-bond donors (Lipinski definition) is 1. The first kappa shape index (κ1) is 17.7. The molecule has 0 unspecified atom stereocenters. The number of nitrogens with zero attached hydrogens (tertiary/aromatic N) is 1. The molecule has 0 aliphatic carbocycles. The fraction of sp³-hybridized carbons (Fsp3) is 0.611. The third-order valence-corrected chi connectivity index (χ3v) is 3.78. The van der Waals surface area contributed by atoms with Gasteiger partial charge in [0.05, 0.1) is 0 Å². The predicted octanol–water partition coefficient (Wildman–Crippen LogP) is 3.33. The topological polar surface area (TPSA) is 32.3 Å². The van der Waals surface area contributed by atoms with Gasteiger partial charge in [-0.15, -0.1) is 0 Å². The van der Waals surface area contributed by atoms with Gasteiger partial charge in [-0.05, 0) is 30.4 Å². The second-order valence-corrected chi connectivity index (χ2v) is 6.44. The zero-order valence-corrected chi connectivity index (χ0v) is 14.2. The molecule has 0 aromatic heterocycles. The summed E-state index contributed by atoms with van der Waals surface area (Å²) in [4.78, 5) is 13.7. The van der Waals surface area contributed by atoms with E-state index < -0.39 is 0 Å². The summed E-state index contributed by atoms with van der Waals surface area (Å²) in [7, 11) is 0. The van der Waals surface area contributed by atoms with Gasteiger partial charge in [0.1, 0.15) is 0 Å². The van der Waals surface area contributed by atoms with E-state index in [-0.39, 0.29) is 11.3 Å². The third kappa shape index (κ3) is 5.88. The molecule has 118 valence electrons. The van der Waals surface area contributed by atoms with Crippen LogP contribution in [0.2, 0.25) is 0 Å². The predicted molar refractivity (Wildman–Crippen MR) is 89.4 cm³/mol. The van der Waals surface area contributed by atoms with Gasteiger partial charge in [-0.3, -0.25) is 4.79 Å². The van der Waals surface area contributed by atoms with Crippen molar-refractivity contribution < 1.29 is 4.79 Å². The van der Waals surface area contributed by atoms with Crippen molar-refractivity contribution in [2.24, 2.45) is 0 Å². The monoisotopic (exact) mass is 290 g/mol. The molecule has 0 aliphatic heterocycles. The molecule has 0 atom stereocenters. The molecule has 3 heteroatoms. The summed E-state index contributed by atoms with van der Waals surface area (Å²) in [5.74, 6) is 0.232. The van der Waals surface area contributed by atoms with Crippen LogP contribution >= 0.6 is 0 Å². The van der Waals surface area contributed by atoms with Gasteiger partial charge >= 0.3 is 0 Å². The van der Waals surface area contributed by atoms with E-state index in [1.54, 1.807) is 0 Å². The van der Waals surface area contributed by atoms with Crippen LogP contribution in [0.4, 0.5) is 0 Å². The summed E-state index contributed by atoms with van der Waals surface area (Å²) in [6, 6.07) is 8.72. The van der Waals surface area contributed by atoms with Crippen molar-refractivity contribution in [3.05, 3.63) is 35.4 Å². The maximum absolute atomic E-state index is 11.9. The zero-order valence-electron chi connectivity index (χ0n) is 14.2. The van der Waals surface area contributed by atoms with E-state index in [1.165, 1.54) is 11.1 Å². The van der Waals surface area contributed by atoms with Gasteiger partial charge in [0.15, 0.2) is 0 Å². The molecule has 21 heavy (non-hydrogen) atoms. The molecule has 1 aromatic rings. The Labute approximate surface area is 129 Å². The molecule has 0 heterocycles. The molecule has 0 fully saturated rings. The molecule has 0 saturated carbocycles. The van der Waals surface area contributed by atoms with Crippen molar-refractivity contribution in [1.29, 1.82) is 0 Å². The lowest BCUT2D eigenvalue weighted by molar-refractivity contribution is -0.130. The SMILES string of the molecule is CCN(CC)C(=O)CCNCc1ccc(C(C)(C)C)cc1. The Morgan fingerprint density at radius 2 is 1.67 bits per heavy atom. The number of amides is 1. The zero-order chi connectivity index (χ0) is 15.9. The summed E-state index contributed by atoms with van der Waals surface area (Å²) in [5.41, 5.74) is 2.81. The maximum Gasteiger partial charge on any atom is 0.223 e. The molecular formula is C18H30N2O. The molecule has 0 spiro atoms. The lowest BCUT2D eigenvalue weighted by Crippen LogP contribution is -2.32. The standard InChI is InChI=1S/C18H30N2O/c1-6-20(7-2)17(21)12-13-19-14-15-8-10-16(11-9-15)18(3,4)5/h8-11,19H,6-7,12-14H2,1-5H3. The minimum absolute atomic E-state index is 0.197. The molecule has 0 radical (unpaired) electrons. The Morgan fingerprint density at radius 3 is 2.14 bits per heavy atom. The summed E-state index contributed by atoms with van der Waals surface area (Å²) >= 11 is 0. The Hall–Kier alpha value is -1.35. The van der Waals surface area contributed by atoms with Crippen molar-refractivity contribution in [3.8, 4) is 0 Å². The number of hydrogen-bond acceptors (Lipinski definition) is 2. The highest BCUT2D eigenvalue weighted by molar-refractivity contribution is 5.76. The lowest BCUT2D eigenvalue weighted by Gasteiger charge is -2.19. The Morgan fingerprint density at radius 1 is 1.10 bits per heavy atom. The van der Waals surface area contributed by atoms with Crippen molar-refractivity contribution >= 4 is 5.91 Å². The van der Waals surface area contributed by atoms with Crippen LogP contribution in [0.25, 0.3) is 0 Å².